The molecule has 0 saturated carbocycles. The van der Waals surface area contributed by atoms with Crippen LogP contribution in [0.4, 0.5) is 11.8 Å². The number of nitrogens with one attached hydrogen (secondary N) is 1. The quantitative estimate of drug-likeness (QED) is 0.319. The Morgan fingerprint density at radius 2 is 2.00 bits per heavy atom. The number of aromatic hydroxyl groups is 1. The molecular weight excluding hydrogens is 406 g/mol. The lowest BCUT2D eigenvalue weighted by Gasteiger charge is -2.15. The molecule has 2 rings (SSSR count). The van der Waals surface area contributed by atoms with Crippen LogP contribution in [0.2, 0.25) is 0 Å². The molecule has 8 nitrogen and oxygen atoms in total. The molecular formula is C24H37N5O3. The molecule has 4 N–H and O–H groups in total. The highest BCUT2D eigenvalue weighted by atomic mass is 16.5. The number of rotatable bonds is 13. The van der Waals surface area contributed by atoms with Gasteiger partial charge in [-0.05, 0) is 64.0 Å². The van der Waals surface area contributed by atoms with Crippen molar-refractivity contribution in [1.29, 1.82) is 0 Å². The van der Waals surface area contributed by atoms with Gasteiger partial charge in [-0.1, -0.05) is 25.5 Å². The van der Waals surface area contributed by atoms with Crippen LogP contribution in [0, 0.1) is 6.92 Å². The zero-order chi connectivity index (χ0) is 23.5. The largest absolute Gasteiger partial charge is 0.508 e. The number of anilines is 2. The zero-order valence-corrected chi connectivity index (χ0v) is 19.8. The van der Waals surface area contributed by atoms with Crippen molar-refractivity contribution in [3.63, 3.8) is 0 Å². The van der Waals surface area contributed by atoms with Crippen LogP contribution in [0.3, 0.4) is 0 Å². The van der Waals surface area contributed by atoms with Gasteiger partial charge in [-0.25, -0.2) is 4.98 Å². The van der Waals surface area contributed by atoms with E-state index in [0.717, 1.165) is 61.2 Å². The summed E-state index contributed by atoms with van der Waals surface area (Å²) in [5.74, 6) is 0.777. The van der Waals surface area contributed by atoms with E-state index in [1.807, 2.05) is 33.2 Å². The smallest absolute Gasteiger partial charge is 0.310 e. The summed E-state index contributed by atoms with van der Waals surface area (Å²) in [6.07, 6.45) is 4.51. The number of hydrogen-bond donors (Lipinski definition) is 3. The van der Waals surface area contributed by atoms with Crippen molar-refractivity contribution < 1.29 is 14.6 Å². The lowest BCUT2D eigenvalue weighted by Crippen LogP contribution is -2.14. The molecule has 0 radical (unpaired) electrons. The lowest BCUT2D eigenvalue weighted by atomic mass is 10.0. The van der Waals surface area contributed by atoms with Gasteiger partial charge in [-0.3, -0.25) is 4.79 Å². The molecule has 1 aromatic heterocycles. The van der Waals surface area contributed by atoms with Gasteiger partial charge in [0.25, 0.3) is 0 Å². The first-order chi connectivity index (χ1) is 15.3. The highest BCUT2D eigenvalue weighted by Gasteiger charge is 2.14. The molecule has 0 spiro atoms. The van der Waals surface area contributed by atoms with Crippen LogP contribution in [0.25, 0.3) is 0 Å². The van der Waals surface area contributed by atoms with E-state index < -0.39 is 0 Å². The van der Waals surface area contributed by atoms with Gasteiger partial charge in [0.1, 0.15) is 11.6 Å². The van der Waals surface area contributed by atoms with E-state index in [9.17, 15) is 9.90 Å². The third kappa shape index (κ3) is 8.34. The van der Waals surface area contributed by atoms with Crippen molar-refractivity contribution in [2.75, 3.05) is 44.8 Å². The van der Waals surface area contributed by atoms with E-state index in [2.05, 4.69) is 27.1 Å². The summed E-state index contributed by atoms with van der Waals surface area (Å²) >= 11 is 0. The Balaban J connectivity index is 2.00. The number of phenols is 1. The number of esters is 1. The molecule has 0 atom stereocenters. The summed E-state index contributed by atoms with van der Waals surface area (Å²) < 4.78 is 5.31. The fourth-order valence-electron chi connectivity index (χ4n) is 3.35. The number of unbranched alkanes of at least 4 members (excludes halogenated alkanes) is 2. The average Bonchev–Trinajstić information content (AvgIpc) is 2.71. The summed E-state index contributed by atoms with van der Waals surface area (Å²) in [4.78, 5) is 22.8. The Morgan fingerprint density at radius 1 is 1.22 bits per heavy atom. The molecule has 0 amide bonds. The monoisotopic (exact) mass is 443 g/mol. The van der Waals surface area contributed by atoms with Gasteiger partial charge in [0, 0.05) is 24.2 Å². The molecule has 2 aromatic rings. The van der Waals surface area contributed by atoms with Crippen LogP contribution in [0.15, 0.2) is 18.2 Å². The van der Waals surface area contributed by atoms with Gasteiger partial charge < -0.3 is 25.8 Å². The summed E-state index contributed by atoms with van der Waals surface area (Å²) in [5.41, 5.74) is 8.96. The van der Waals surface area contributed by atoms with Crippen molar-refractivity contribution in [2.45, 2.75) is 52.4 Å². The molecule has 176 valence electrons. The second kappa shape index (κ2) is 12.9. The number of nitrogens with two attached hydrogens (primary N) is 1. The van der Waals surface area contributed by atoms with Crippen molar-refractivity contribution in [2.24, 2.45) is 0 Å². The van der Waals surface area contributed by atoms with Crippen molar-refractivity contribution in [1.82, 2.24) is 14.9 Å². The number of nitrogen functional groups attached to an aromatic ring is 1. The lowest BCUT2D eigenvalue weighted by molar-refractivity contribution is -0.142. The number of carbonyl (C=O) groups excluding carboxylic acids is 1. The minimum absolute atomic E-state index is 0.134. The molecule has 1 aromatic carbocycles. The van der Waals surface area contributed by atoms with Gasteiger partial charge in [0.15, 0.2) is 0 Å². The SMILES string of the molecule is CCCCNc1nc(N)nc(C)c1Cc1ccc(CC(=O)OCCCCN(C)C)cc1O. The van der Waals surface area contributed by atoms with Gasteiger partial charge >= 0.3 is 5.97 Å². The zero-order valence-electron chi connectivity index (χ0n) is 19.8. The maximum Gasteiger partial charge on any atom is 0.310 e. The second-order valence-corrected chi connectivity index (χ2v) is 8.32. The average molecular weight is 444 g/mol. The molecule has 1 heterocycles. The molecule has 32 heavy (non-hydrogen) atoms. The fraction of sp³-hybridized carbons (Fsp3) is 0.542. The minimum atomic E-state index is -0.285. The Bertz CT molecular complexity index is 886. The number of ether oxygens (including phenoxy) is 1. The number of benzene rings is 1. The Morgan fingerprint density at radius 3 is 2.69 bits per heavy atom. The van der Waals surface area contributed by atoms with E-state index in [0.29, 0.717) is 18.8 Å². The van der Waals surface area contributed by atoms with Crippen LogP contribution < -0.4 is 11.1 Å². The first-order valence-electron chi connectivity index (χ1n) is 11.3. The first kappa shape index (κ1) is 25.4. The Kier molecular flexibility index (Phi) is 10.2. The standard InChI is InChI=1S/C24H37N5O3/c1-5-6-11-26-23-20(17(2)27-24(25)28-23)16-19-10-9-18(14-21(19)30)15-22(31)32-13-8-7-12-29(3)4/h9-10,14,30H,5-8,11-13,15-16H2,1-4H3,(H3,25,26,27,28). The number of aromatic nitrogens is 2. The van der Waals surface area contributed by atoms with Crippen molar-refractivity contribution >= 4 is 17.7 Å². The first-order valence-corrected chi connectivity index (χ1v) is 11.3. The predicted molar refractivity (Wildman–Crippen MR) is 128 cm³/mol. The normalized spacial score (nSPS) is 11.0. The molecule has 8 heteroatoms. The number of hydrogen-bond acceptors (Lipinski definition) is 8. The number of aryl methyl sites for hydroxylation is 1. The Labute approximate surface area is 191 Å². The second-order valence-electron chi connectivity index (χ2n) is 8.32. The van der Waals surface area contributed by atoms with Crippen molar-refractivity contribution in [3.8, 4) is 5.75 Å². The molecule has 0 aliphatic carbocycles. The predicted octanol–water partition coefficient (Wildman–Crippen LogP) is 3.30. The van der Waals surface area contributed by atoms with Crippen LogP contribution in [-0.4, -0.2) is 59.7 Å². The van der Waals surface area contributed by atoms with E-state index in [1.54, 1.807) is 6.07 Å². The highest BCUT2D eigenvalue weighted by Crippen LogP contribution is 2.27. The highest BCUT2D eigenvalue weighted by molar-refractivity contribution is 5.72. The van der Waals surface area contributed by atoms with Crippen LogP contribution >= 0.6 is 0 Å². The summed E-state index contributed by atoms with van der Waals surface area (Å²) in [5, 5.41) is 13.9. The minimum Gasteiger partial charge on any atom is -0.508 e. The van der Waals surface area contributed by atoms with Crippen LogP contribution in [0.5, 0.6) is 5.75 Å². The third-order valence-corrected chi connectivity index (χ3v) is 5.18. The summed E-state index contributed by atoms with van der Waals surface area (Å²) in [6.45, 7) is 6.20. The van der Waals surface area contributed by atoms with Crippen molar-refractivity contribution in [3.05, 3.63) is 40.6 Å². The molecule has 0 aliphatic heterocycles. The fourth-order valence-corrected chi connectivity index (χ4v) is 3.35. The van der Waals surface area contributed by atoms with E-state index >= 15 is 0 Å². The molecule has 0 saturated heterocycles. The van der Waals surface area contributed by atoms with E-state index in [1.165, 1.54) is 0 Å². The number of carbonyl (C=O) groups is 1. The molecule has 0 aliphatic rings. The molecule has 0 bridgehead atoms. The van der Waals surface area contributed by atoms with Gasteiger partial charge in [0.05, 0.1) is 13.0 Å². The van der Waals surface area contributed by atoms with Gasteiger partial charge in [-0.15, -0.1) is 0 Å². The third-order valence-electron chi connectivity index (χ3n) is 5.18. The maximum absolute atomic E-state index is 12.1. The topological polar surface area (TPSA) is 114 Å². The number of phenolic OH excluding ortho intramolecular Hbond substituents is 1. The maximum atomic E-state index is 12.1. The summed E-state index contributed by atoms with van der Waals surface area (Å²) in [6, 6.07) is 5.31. The molecule has 0 unspecified atom stereocenters. The van der Waals surface area contributed by atoms with Crippen LogP contribution in [0.1, 0.15) is 55.0 Å². The molecule has 0 fully saturated rings. The van der Waals surface area contributed by atoms with Crippen LogP contribution in [-0.2, 0) is 22.4 Å². The van der Waals surface area contributed by atoms with Gasteiger partial charge in [0.2, 0.25) is 5.95 Å². The Hall–Kier alpha value is -2.87. The van der Waals surface area contributed by atoms with E-state index in [4.69, 9.17) is 10.5 Å². The summed E-state index contributed by atoms with van der Waals surface area (Å²) in [7, 11) is 4.04. The van der Waals surface area contributed by atoms with Gasteiger partial charge in [-0.2, -0.15) is 4.98 Å². The number of nitrogens with zero attached hydrogens (tertiary/aromatic N) is 3. The van der Waals surface area contributed by atoms with E-state index in [-0.39, 0.29) is 24.1 Å².